The van der Waals surface area contributed by atoms with Gasteiger partial charge in [-0.05, 0) is 67.4 Å². The number of nitrogens with one attached hydrogen (secondary N) is 3. The second-order valence-corrected chi connectivity index (χ2v) is 8.46. The molecule has 0 fully saturated rings. The van der Waals surface area contributed by atoms with Gasteiger partial charge in [0.05, 0.1) is 11.8 Å². The van der Waals surface area contributed by atoms with Gasteiger partial charge in [-0.25, -0.2) is 4.98 Å². The molecular weight excluding hydrogens is 479 g/mol. The lowest BCUT2D eigenvalue weighted by Crippen LogP contribution is -2.25. The summed E-state index contributed by atoms with van der Waals surface area (Å²) in [5.74, 6) is 5.64. The van der Waals surface area contributed by atoms with Gasteiger partial charge in [-0.3, -0.25) is 9.20 Å². The van der Waals surface area contributed by atoms with Crippen molar-refractivity contribution in [2.75, 3.05) is 25.5 Å². The number of rotatable bonds is 7. The molecule has 0 aliphatic carbocycles. The summed E-state index contributed by atoms with van der Waals surface area (Å²) in [6.45, 7) is 3.11. The number of likely N-dealkylation sites (N-methyl/N-ethyl adjacent to an activating group) is 1. The fourth-order valence-electron chi connectivity index (χ4n) is 3.77. The summed E-state index contributed by atoms with van der Waals surface area (Å²) in [4.78, 5) is 17.2. The van der Waals surface area contributed by atoms with Crippen molar-refractivity contribution in [1.82, 2.24) is 20.0 Å². The number of benzene rings is 2. The maximum Gasteiger partial charge on any atom is 0.416 e. The SMILES string of the molecule is CNCCNCc1ccc(NC(=O)c2ccc(C)c(C#Cc3cnc4ccccn34)c2)cc1C(F)(F)F. The van der Waals surface area contributed by atoms with E-state index >= 15 is 0 Å². The summed E-state index contributed by atoms with van der Waals surface area (Å²) in [5.41, 5.74) is 2.66. The zero-order chi connectivity index (χ0) is 26.4. The second-order valence-electron chi connectivity index (χ2n) is 8.46. The van der Waals surface area contributed by atoms with E-state index in [9.17, 15) is 18.0 Å². The average Bonchev–Trinajstić information content (AvgIpc) is 3.29. The third kappa shape index (κ3) is 6.36. The molecule has 0 aliphatic heterocycles. The van der Waals surface area contributed by atoms with E-state index in [1.54, 1.807) is 31.4 Å². The van der Waals surface area contributed by atoms with Gasteiger partial charge in [0.15, 0.2) is 0 Å². The molecule has 0 aliphatic rings. The number of carbonyl (C=O) groups excluding carboxylic acids is 1. The van der Waals surface area contributed by atoms with Crippen molar-refractivity contribution >= 4 is 17.2 Å². The number of aromatic nitrogens is 2. The number of nitrogens with zero attached hydrogens (tertiary/aromatic N) is 2. The monoisotopic (exact) mass is 505 g/mol. The van der Waals surface area contributed by atoms with Crippen molar-refractivity contribution in [3.05, 3.63) is 101 Å². The molecule has 4 rings (SSSR count). The summed E-state index contributed by atoms with van der Waals surface area (Å²) in [5, 5.41) is 8.49. The average molecular weight is 506 g/mol. The topological polar surface area (TPSA) is 70.5 Å². The Hall–Kier alpha value is -4.13. The van der Waals surface area contributed by atoms with Crippen LogP contribution in [0, 0.1) is 18.8 Å². The van der Waals surface area contributed by atoms with E-state index in [4.69, 9.17) is 0 Å². The Kier molecular flexibility index (Phi) is 7.92. The molecule has 2 aromatic carbocycles. The number of fused-ring (bicyclic) bond motifs is 1. The molecule has 0 saturated carbocycles. The zero-order valence-corrected chi connectivity index (χ0v) is 20.4. The van der Waals surface area contributed by atoms with E-state index in [-0.39, 0.29) is 17.8 Å². The summed E-state index contributed by atoms with van der Waals surface area (Å²) >= 11 is 0. The van der Waals surface area contributed by atoms with Gasteiger partial charge in [-0.15, -0.1) is 0 Å². The number of pyridine rings is 1. The van der Waals surface area contributed by atoms with Gasteiger partial charge < -0.3 is 16.0 Å². The van der Waals surface area contributed by atoms with Gasteiger partial charge in [0.1, 0.15) is 11.3 Å². The molecule has 6 nitrogen and oxygen atoms in total. The maximum atomic E-state index is 13.7. The maximum absolute atomic E-state index is 13.7. The lowest BCUT2D eigenvalue weighted by Gasteiger charge is -2.16. The van der Waals surface area contributed by atoms with Crippen molar-refractivity contribution in [3.63, 3.8) is 0 Å². The lowest BCUT2D eigenvalue weighted by molar-refractivity contribution is -0.138. The predicted octanol–water partition coefficient (Wildman–Crippen LogP) is 4.62. The fraction of sp³-hybridized carbons (Fsp3) is 0.214. The van der Waals surface area contributed by atoms with Crippen molar-refractivity contribution in [1.29, 1.82) is 0 Å². The molecule has 9 heteroatoms. The molecule has 2 heterocycles. The van der Waals surface area contributed by atoms with Gasteiger partial charge in [0, 0.05) is 42.6 Å². The molecule has 0 saturated heterocycles. The Morgan fingerprint density at radius 3 is 2.68 bits per heavy atom. The Morgan fingerprint density at radius 1 is 1.05 bits per heavy atom. The van der Waals surface area contributed by atoms with E-state index in [2.05, 4.69) is 32.8 Å². The minimum atomic E-state index is -4.55. The van der Waals surface area contributed by atoms with Crippen LogP contribution in [0.1, 0.15) is 38.3 Å². The van der Waals surface area contributed by atoms with Crippen LogP contribution in [0.15, 0.2) is 67.0 Å². The largest absolute Gasteiger partial charge is 0.416 e. The first kappa shape index (κ1) is 25.9. The van der Waals surface area contributed by atoms with Gasteiger partial charge in [0.25, 0.3) is 5.91 Å². The molecule has 0 bridgehead atoms. The molecule has 3 N–H and O–H groups in total. The van der Waals surface area contributed by atoms with Crippen LogP contribution in [-0.2, 0) is 12.7 Å². The van der Waals surface area contributed by atoms with Crippen LogP contribution in [0.5, 0.6) is 0 Å². The predicted molar refractivity (Wildman–Crippen MR) is 137 cm³/mol. The number of alkyl halides is 3. The highest BCUT2D eigenvalue weighted by molar-refractivity contribution is 6.04. The summed E-state index contributed by atoms with van der Waals surface area (Å²) < 4.78 is 42.9. The second kappa shape index (κ2) is 11.3. The number of imidazole rings is 1. The fourth-order valence-corrected chi connectivity index (χ4v) is 3.77. The van der Waals surface area contributed by atoms with E-state index < -0.39 is 17.6 Å². The molecule has 2 aromatic heterocycles. The smallest absolute Gasteiger partial charge is 0.322 e. The van der Waals surface area contributed by atoms with Gasteiger partial charge in [-0.2, -0.15) is 13.2 Å². The van der Waals surface area contributed by atoms with Gasteiger partial charge >= 0.3 is 6.18 Å². The third-order valence-corrected chi connectivity index (χ3v) is 5.78. The number of carbonyl (C=O) groups is 1. The van der Waals surface area contributed by atoms with Crippen molar-refractivity contribution < 1.29 is 18.0 Å². The standard InChI is InChI=1S/C28H26F3N5O/c1-19-6-7-21(15-20(19)9-11-24-18-34-26-5-3-4-14-36(24)26)27(37)35-23-10-8-22(17-33-13-12-32-2)25(16-23)28(29,30)31/h3-8,10,14-16,18,32-33H,12-13,17H2,1-2H3,(H,35,37). The normalized spacial score (nSPS) is 11.3. The van der Waals surface area contributed by atoms with Crippen LogP contribution in [0.3, 0.4) is 0 Å². The number of amides is 1. The minimum Gasteiger partial charge on any atom is -0.322 e. The number of hydrogen-bond donors (Lipinski definition) is 3. The van der Waals surface area contributed by atoms with E-state index in [1.165, 1.54) is 12.1 Å². The van der Waals surface area contributed by atoms with E-state index in [0.29, 0.717) is 29.9 Å². The highest BCUT2D eigenvalue weighted by Gasteiger charge is 2.33. The van der Waals surface area contributed by atoms with Crippen LogP contribution in [0.4, 0.5) is 18.9 Å². The first-order valence-electron chi connectivity index (χ1n) is 11.7. The summed E-state index contributed by atoms with van der Waals surface area (Å²) in [6.07, 6.45) is -1.01. The molecule has 190 valence electrons. The molecule has 1 amide bonds. The third-order valence-electron chi connectivity index (χ3n) is 5.78. The van der Waals surface area contributed by atoms with Gasteiger partial charge in [-0.1, -0.05) is 24.1 Å². The lowest BCUT2D eigenvalue weighted by atomic mass is 10.0. The van der Waals surface area contributed by atoms with Crippen LogP contribution in [0.25, 0.3) is 5.65 Å². The number of aryl methyl sites for hydroxylation is 1. The van der Waals surface area contributed by atoms with Crippen LogP contribution in [0.2, 0.25) is 0 Å². The Labute approximate surface area is 212 Å². The molecule has 0 radical (unpaired) electrons. The van der Waals surface area contributed by atoms with Crippen LogP contribution >= 0.6 is 0 Å². The summed E-state index contributed by atoms with van der Waals surface area (Å²) in [6, 6.07) is 14.5. The van der Waals surface area contributed by atoms with Crippen LogP contribution in [-0.4, -0.2) is 35.4 Å². The first-order chi connectivity index (χ1) is 17.8. The van der Waals surface area contributed by atoms with Crippen molar-refractivity contribution in [3.8, 4) is 11.8 Å². The highest BCUT2D eigenvalue weighted by Crippen LogP contribution is 2.34. The number of halogens is 3. The molecule has 37 heavy (non-hydrogen) atoms. The number of hydrogen-bond acceptors (Lipinski definition) is 4. The van der Waals surface area contributed by atoms with E-state index in [1.807, 2.05) is 35.7 Å². The molecule has 4 aromatic rings. The minimum absolute atomic E-state index is 0.0650. The van der Waals surface area contributed by atoms with Crippen molar-refractivity contribution in [2.45, 2.75) is 19.6 Å². The highest BCUT2D eigenvalue weighted by atomic mass is 19.4. The first-order valence-corrected chi connectivity index (χ1v) is 11.7. The Balaban J connectivity index is 1.54. The number of anilines is 1. The van der Waals surface area contributed by atoms with E-state index in [0.717, 1.165) is 17.3 Å². The van der Waals surface area contributed by atoms with Gasteiger partial charge in [0.2, 0.25) is 0 Å². The summed E-state index contributed by atoms with van der Waals surface area (Å²) in [7, 11) is 1.77. The Morgan fingerprint density at radius 2 is 1.89 bits per heavy atom. The van der Waals surface area contributed by atoms with Crippen molar-refractivity contribution in [2.24, 2.45) is 0 Å². The molecule has 0 spiro atoms. The molecule has 0 atom stereocenters. The molecule has 0 unspecified atom stereocenters. The Bertz CT molecular complexity index is 1480. The quantitative estimate of drug-likeness (QED) is 0.253. The van der Waals surface area contributed by atoms with Crippen LogP contribution < -0.4 is 16.0 Å². The molecular formula is C28H26F3N5O. The zero-order valence-electron chi connectivity index (χ0n) is 20.4.